The number of aryl methyl sites for hydroxylation is 1. The Labute approximate surface area is 152 Å². The summed E-state index contributed by atoms with van der Waals surface area (Å²) in [6.07, 6.45) is -3.82. The molecule has 2 aromatic rings. The molecular weight excluding hydrogens is 399 g/mol. The molecule has 0 atom stereocenters. The van der Waals surface area contributed by atoms with Gasteiger partial charge in [-0.3, -0.25) is 4.79 Å². The third-order valence-corrected chi connectivity index (χ3v) is 4.35. The lowest BCUT2D eigenvalue weighted by atomic mass is 10.1. The van der Waals surface area contributed by atoms with Gasteiger partial charge in [-0.1, -0.05) is 34.1 Å². The van der Waals surface area contributed by atoms with E-state index in [-0.39, 0.29) is 12.3 Å². The van der Waals surface area contributed by atoms with Gasteiger partial charge in [0.1, 0.15) is 0 Å². The van der Waals surface area contributed by atoms with E-state index >= 15 is 0 Å². The van der Waals surface area contributed by atoms with E-state index in [1.165, 1.54) is 12.1 Å². The molecule has 0 radical (unpaired) electrons. The molecule has 2 rings (SSSR count). The zero-order chi connectivity index (χ0) is 18.4. The predicted octanol–water partition coefficient (Wildman–Crippen LogP) is 5.19. The van der Waals surface area contributed by atoms with Crippen molar-refractivity contribution in [1.82, 2.24) is 0 Å². The van der Waals surface area contributed by atoms with E-state index in [1.807, 2.05) is 6.07 Å². The first-order chi connectivity index (χ1) is 11.8. The van der Waals surface area contributed by atoms with E-state index < -0.39 is 11.7 Å². The Morgan fingerprint density at radius 2 is 1.84 bits per heavy atom. The van der Waals surface area contributed by atoms with Gasteiger partial charge in [0.2, 0.25) is 5.91 Å². The molecule has 0 spiro atoms. The number of ether oxygens (including phenoxy) is 1. The van der Waals surface area contributed by atoms with E-state index in [1.54, 1.807) is 19.2 Å². The summed E-state index contributed by atoms with van der Waals surface area (Å²) in [5, 5.41) is 2.81. The highest BCUT2D eigenvalue weighted by Crippen LogP contribution is 2.29. The summed E-state index contributed by atoms with van der Waals surface area (Å²) in [6, 6.07) is 10.3. The second-order valence-corrected chi connectivity index (χ2v) is 6.30. The molecule has 134 valence electrons. The van der Waals surface area contributed by atoms with Gasteiger partial charge in [-0.15, -0.1) is 0 Å². The number of anilines is 1. The first-order valence-corrected chi connectivity index (χ1v) is 8.33. The molecule has 0 heterocycles. The molecular formula is C18H17BrF3NO2. The normalized spacial score (nSPS) is 11.4. The van der Waals surface area contributed by atoms with Crippen molar-refractivity contribution >= 4 is 27.5 Å². The number of alkyl halides is 3. The monoisotopic (exact) mass is 415 g/mol. The maximum absolute atomic E-state index is 12.5. The maximum Gasteiger partial charge on any atom is 0.416 e. The smallest absolute Gasteiger partial charge is 0.380 e. The number of rotatable bonds is 6. The van der Waals surface area contributed by atoms with Crippen molar-refractivity contribution in [3.05, 3.63) is 63.6 Å². The number of methoxy groups -OCH3 is 1. The second-order valence-electron chi connectivity index (χ2n) is 5.44. The van der Waals surface area contributed by atoms with Crippen LogP contribution in [0.4, 0.5) is 18.9 Å². The fraction of sp³-hybridized carbons (Fsp3) is 0.278. The number of benzene rings is 2. The van der Waals surface area contributed by atoms with Gasteiger partial charge in [-0.25, -0.2) is 0 Å². The largest absolute Gasteiger partial charge is 0.416 e. The van der Waals surface area contributed by atoms with Crippen LogP contribution in [0.3, 0.4) is 0 Å². The summed E-state index contributed by atoms with van der Waals surface area (Å²) in [4.78, 5) is 12.1. The standard InChI is InChI=1S/C18H17BrF3NO2/c1-25-11-14-15(19)3-2-4-16(14)23-17(24)10-7-12-5-8-13(9-6-12)18(20,21)22/h2-6,8-9H,7,10-11H2,1H3,(H,23,24). The minimum absolute atomic E-state index is 0.171. The highest BCUT2D eigenvalue weighted by Gasteiger charge is 2.29. The van der Waals surface area contributed by atoms with E-state index in [4.69, 9.17) is 4.74 Å². The Kier molecular flexibility index (Phi) is 6.61. The van der Waals surface area contributed by atoms with Gasteiger partial charge < -0.3 is 10.1 Å². The molecule has 0 fully saturated rings. The molecule has 2 aromatic carbocycles. The molecule has 3 nitrogen and oxygen atoms in total. The molecule has 25 heavy (non-hydrogen) atoms. The Hall–Kier alpha value is -1.86. The molecule has 0 aliphatic carbocycles. The lowest BCUT2D eigenvalue weighted by Crippen LogP contribution is -2.14. The van der Waals surface area contributed by atoms with Crippen LogP contribution in [0, 0.1) is 0 Å². The molecule has 0 aromatic heterocycles. The summed E-state index contributed by atoms with van der Waals surface area (Å²) in [5.74, 6) is -0.213. The van der Waals surface area contributed by atoms with Gasteiger partial charge in [0, 0.05) is 29.3 Å². The Morgan fingerprint density at radius 1 is 1.16 bits per heavy atom. The third-order valence-electron chi connectivity index (χ3n) is 3.60. The van der Waals surface area contributed by atoms with E-state index in [9.17, 15) is 18.0 Å². The molecule has 0 bridgehead atoms. The summed E-state index contributed by atoms with van der Waals surface area (Å²) >= 11 is 3.41. The molecule has 0 saturated carbocycles. The summed E-state index contributed by atoms with van der Waals surface area (Å²) < 4.78 is 43.5. The van der Waals surface area contributed by atoms with Crippen molar-refractivity contribution in [3.8, 4) is 0 Å². The molecule has 0 saturated heterocycles. The minimum Gasteiger partial charge on any atom is -0.380 e. The molecule has 0 unspecified atom stereocenters. The lowest BCUT2D eigenvalue weighted by molar-refractivity contribution is -0.137. The fourth-order valence-electron chi connectivity index (χ4n) is 2.30. The average molecular weight is 416 g/mol. The van der Waals surface area contributed by atoms with E-state index in [0.717, 1.165) is 22.2 Å². The van der Waals surface area contributed by atoms with Gasteiger partial charge >= 0.3 is 6.18 Å². The van der Waals surface area contributed by atoms with Crippen molar-refractivity contribution in [2.75, 3.05) is 12.4 Å². The number of carbonyl (C=O) groups excluding carboxylic acids is 1. The Morgan fingerprint density at radius 3 is 2.44 bits per heavy atom. The van der Waals surface area contributed by atoms with E-state index in [2.05, 4.69) is 21.2 Å². The topological polar surface area (TPSA) is 38.3 Å². The van der Waals surface area contributed by atoms with E-state index in [0.29, 0.717) is 24.3 Å². The molecule has 0 aliphatic heterocycles. The van der Waals surface area contributed by atoms with Crippen molar-refractivity contribution in [2.45, 2.75) is 25.6 Å². The third kappa shape index (κ3) is 5.57. The predicted molar refractivity (Wildman–Crippen MR) is 93.2 cm³/mol. The van der Waals surface area contributed by atoms with Crippen LogP contribution in [-0.2, 0) is 28.7 Å². The van der Waals surface area contributed by atoms with Gasteiger partial charge in [-0.2, -0.15) is 13.2 Å². The molecule has 1 N–H and O–H groups in total. The van der Waals surface area contributed by atoms with Crippen LogP contribution in [0.1, 0.15) is 23.1 Å². The highest BCUT2D eigenvalue weighted by molar-refractivity contribution is 9.10. The Balaban J connectivity index is 1.96. The van der Waals surface area contributed by atoms with Gasteiger partial charge in [0.15, 0.2) is 0 Å². The van der Waals surface area contributed by atoms with Gasteiger partial charge in [-0.05, 0) is 36.2 Å². The van der Waals surface area contributed by atoms with Crippen LogP contribution in [0.5, 0.6) is 0 Å². The molecule has 0 aliphatic rings. The first-order valence-electron chi connectivity index (χ1n) is 7.53. The maximum atomic E-state index is 12.5. The first kappa shape index (κ1) is 19.5. The van der Waals surface area contributed by atoms with Gasteiger partial charge in [0.05, 0.1) is 12.2 Å². The Bertz CT molecular complexity index is 730. The average Bonchev–Trinajstić information content (AvgIpc) is 2.56. The number of amides is 1. The summed E-state index contributed by atoms with van der Waals surface area (Å²) in [7, 11) is 1.57. The summed E-state index contributed by atoms with van der Waals surface area (Å²) in [5.41, 5.74) is 1.45. The van der Waals surface area contributed by atoms with Gasteiger partial charge in [0.25, 0.3) is 0 Å². The number of nitrogens with one attached hydrogen (secondary N) is 1. The fourth-order valence-corrected chi connectivity index (χ4v) is 2.78. The number of hydrogen-bond acceptors (Lipinski definition) is 2. The molecule has 1 amide bonds. The van der Waals surface area contributed by atoms with Crippen LogP contribution < -0.4 is 5.32 Å². The quantitative estimate of drug-likeness (QED) is 0.705. The lowest BCUT2D eigenvalue weighted by Gasteiger charge is -2.12. The van der Waals surface area contributed by atoms with Crippen molar-refractivity contribution in [3.63, 3.8) is 0 Å². The van der Waals surface area contributed by atoms with Crippen LogP contribution in [0.15, 0.2) is 46.9 Å². The number of halogens is 4. The van der Waals surface area contributed by atoms with Crippen LogP contribution >= 0.6 is 15.9 Å². The zero-order valence-corrected chi connectivity index (χ0v) is 15.1. The number of hydrogen-bond donors (Lipinski definition) is 1. The van der Waals surface area contributed by atoms with Crippen LogP contribution in [0.2, 0.25) is 0 Å². The van der Waals surface area contributed by atoms with Crippen LogP contribution in [0.25, 0.3) is 0 Å². The zero-order valence-electron chi connectivity index (χ0n) is 13.5. The molecule has 7 heteroatoms. The highest BCUT2D eigenvalue weighted by atomic mass is 79.9. The SMILES string of the molecule is COCc1c(Br)cccc1NC(=O)CCc1ccc(C(F)(F)F)cc1. The van der Waals surface area contributed by atoms with Crippen molar-refractivity contribution in [2.24, 2.45) is 0 Å². The van der Waals surface area contributed by atoms with Crippen molar-refractivity contribution < 1.29 is 22.7 Å². The van der Waals surface area contributed by atoms with Crippen molar-refractivity contribution in [1.29, 1.82) is 0 Å². The second kappa shape index (κ2) is 8.49. The van der Waals surface area contributed by atoms with Crippen LogP contribution in [-0.4, -0.2) is 13.0 Å². The summed E-state index contributed by atoms with van der Waals surface area (Å²) in [6.45, 7) is 0.343. The minimum atomic E-state index is -4.35. The number of carbonyl (C=O) groups is 1.